The summed E-state index contributed by atoms with van der Waals surface area (Å²) in [5, 5.41) is 18.0. The predicted molar refractivity (Wildman–Crippen MR) is 111 cm³/mol. The molecule has 1 amide bonds. The van der Waals surface area contributed by atoms with Crippen LogP contribution in [0.25, 0.3) is 0 Å². The highest BCUT2D eigenvalue weighted by molar-refractivity contribution is 5.84. The zero-order valence-corrected chi connectivity index (χ0v) is 17.6. The molecule has 4 fully saturated rings. The van der Waals surface area contributed by atoms with Gasteiger partial charge in [-0.25, -0.2) is 0 Å². The first-order valence-electron chi connectivity index (χ1n) is 11.2. The van der Waals surface area contributed by atoms with Crippen LogP contribution in [0.5, 0.6) is 0 Å². The molecule has 0 spiro atoms. The highest BCUT2D eigenvalue weighted by atomic mass is 16.5. The second-order valence-corrected chi connectivity index (χ2v) is 10.2. The lowest BCUT2D eigenvalue weighted by Gasteiger charge is -2.57. The van der Waals surface area contributed by atoms with Gasteiger partial charge in [0, 0.05) is 30.4 Å². The summed E-state index contributed by atoms with van der Waals surface area (Å²) < 4.78 is 5.45. The standard InChI is InChI=1S/C24H31N3O3/c1-16-6-21(30-27-16)14-23(15-28,10-17-2-4-25-5-3-17)22(29)26-24-11-18-7-19(12-24)9-20(8-18)13-24/h2-6,18-20,28H,7-15H2,1H3,(H,26,29). The van der Waals surface area contributed by atoms with E-state index in [1.165, 1.54) is 19.3 Å². The Kier molecular flexibility index (Phi) is 4.92. The highest BCUT2D eigenvalue weighted by Gasteiger charge is 2.53. The maximum absolute atomic E-state index is 13.8. The van der Waals surface area contributed by atoms with Gasteiger partial charge in [0.25, 0.3) is 0 Å². The van der Waals surface area contributed by atoms with Gasteiger partial charge in [-0.3, -0.25) is 9.78 Å². The first-order chi connectivity index (χ1) is 14.5. The molecule has 4 aliphatic rings. The Morgan fingerprint density at radius 3 is 2.33 bits per heavy atom. The molecule has 2 heterocycles. The van der Waals surface area contributed by atoms with Crippen LogP contribution in [0.1, 0.15) is 55.5 Å². The van der Waals surface area contributed by atoms with E-state index in [4.69, 9.17) is 4.52 Å². The van der Waals surface area contributed by atoms with Crippen LogP contribution < -0.4 is 5.32 Å². The van der Waals surface area contributed by atoms with Crippen LogP contribution in [-0.2, 0) is 17.6 Å². The molecule has 0 aliphatic heterocycles. The fraction of sp³-hybridized carbons (Fsp3) is 0.625. The molecule has 1 unspecified atom stereocenters. The summed E-state index contributed by atoms with van der Waals surface area (Å²) in [6.45, 7) is 1.62. The minimum atomic E-state index is -0.989. The van der Waals surface area contributed by atoms with Crippen molar-refractivity contribution in [2.45, 2.75) is 63.8 Å². The molecule has 30 heavy (non-hydrogen) atoms. The molecule has 4 aliphatic carbocycles. The van der Waals surface area contributed by atoms with Crippen LogP contribution in [0.3, 0.4) is 0 Å². The third-order valence-electron chi connectivity index (χ3n) is 7.68. The van der Waals surface area contributed by atoms with Crippen LogP contribution in [0.2, 0.25) is 0 Å². The zero-order valence-electron chi connectivity index (χ0n) is 17.6. The summed E-state index contributed by atoms with van der Waals surface area (Å²) in [4.78, 5) is 17.9. The van der Waals surface area contributed by atoms with E-state index >= 15 is 0 Å². The van der Waals surface area contributed by atoms with Crippen LogP contribution in [0, 0.1) is 30.1 Å². The van der Waals surface area contributed by atoms with Gasteiger partial charge in [0.1, 0.15) is 5.76 Å². The molecule has 4 bridgehead atoms. The van der Waals surface area contributed by atoms with E-state index in [1.807, 2.05) is 25.1 Å². The van der Waals surface area contributed by atoms with Crippen molar-refractivity contribution < 1.29 is 14.4 Å². The molecule has 2 N–H and O–H groups in total. The summed E-state index contributed by atoms with van der Waals surface area (Å²) in [5.41, 5.74) is 0.677. The molecule has 6 rings (SSSR count). The third-order valence-corrected chi connectivity index (χ3v) is 7.68. The fourth-order valence-corrected chi connectivity index (χ4v) is 6.77. The van der Waals surface area contributed by atoms with Crippen molar-refractivity contribution in [2.75, 3.05) is 6.61 Å². The van der Waals surface area contributed by atoms with Gasteiger partial charge in [-0.15, -0.1) is 0 Å². The van der Waals surface area contributed by atoms with Gasteiger partial charge in [-0.2, -0.15) is 0 Å². The SMILES string of the molecule is Cc1cc(CC(CO)(Cc2ccncc2)C(=O)NC23CC4CC(CC(C4)C2)C3)on1. The number of hydrogen-bond acceptors (Lipinski definition) is 5. The smallest absolute Gasteiger partial charge is 0.229 e. The topological polar surface area (TPSA) is 88.3 Å². The van der Waals surface area contributed by atoms with Crippen LogP contribution in [0.15, 0.2) is 35.1 Å². The van der Waals surface area contributed by atoms with E-state index in [9.17, 15) is 9.90 Å². The Balaban J connectivity index is 1.43. The average molecular weight is 410 g/mol. The maximum Gasteiger partial charge on any atom is 0.229 e. The van der Waals surface area contributed by atoms with Crippen LogP contribution in [-0.4, -0.2) is 33.3 Å². The number of carbonyl (C=O) groups excluding carboxylic acids is 1. The minimum Gasteiger partial charge on any atom is -0.395 e. The maximum atomic E-state index is 13.8. The summed E-state index contributed by atoms with van der Waals surface area (Å²) in [6, 6.07) is 5.68. The molecule has 0 saturated heterocycles. The average Bonchev–Trinajstić information content (AvgIpc) is 3.11. The number of aliphatic hydroxyl groups is 1. The van der Waals surface area contributed by atoms with E-state index in [2.05, 4.69) is 15.5 Å². The van der Waals surface area contributed by atoms with Gasteiger partial charge in [0.05, 0.1) is 17.7 Å². The summed E-state index contributed by atoms with van der Waals surface area (Å²) in [6.07, 6.45) is 11.5. The molecule has 160 valence electrons. The van der Waals surface area contributed by atoms with Gasteiger partial charge < -0.3 is 14.9 Å². The molecule has 6 nitrogen and oxygen atoms in total. The summed E-state index contributed by atoms with van der Waals surface area (Å²) >= 11 is 0. The predicted octanol–water partition coefficient (Wildman–Crippen LogP) is 3.23. The lowest BCUT2D eigenvalue weighted by Crippen LogP contribution is -2.63. The van der Waals surface area contributed by atoms with Gasteiger partial charge in [0.2, 0.25) is 5.91 Å². The molecule has 2 aromatic rings. The molecule has 0 radical (unpaired) electrons. The number of amides is 1. The van der Waals surface area contributed by atoms with Crippen molar-refractivity contribution in [1.82, 2.24) is 15.5 Å². The van der Waals surface area contributed by atoms with Crippen molar-refractivity contribution in [3.05, 3.63) is 47.6 Å². The van der Waals surface area contributed by atoms with Crippen molar-refractivity contribution in [1.29, 1.82) is 0 Å². The third kappa shape index (κ3) is 3.66. The molecule has 6 heteroatoms. The Morgan fingerprint density at radius 2 is 1.80 bits per heavy atom. The van der Waals surface area contributed by atoms with Gasteiger partial charge in [0.15, 0.2) is 0 Å². The Hall–Kier alpha value is -2.21. The fourth-order valence-electron chi connectivity index (χ4n) is 6.77. The van der Waals surface area contributed by atoms with E-state index < -0.39 is 5.41 Å². The number of aromatic nitrogens is 2. The molecule has 1 atom stereocenters. The Morgan fingerprint density at radius 1 is 1.17 bits per heavy atom. The highest BCUT2D eigenvalue weighted by Crippen LogP contribution is 2.55. The lowest BCUT2D eigenvalue weighted by molar-refractivity contribution is -0.139. The lowest BCUT2D eigenvalue weighted by atomic mass is 9.53. The molecular formula is C24H31N3O3. The van der Waals surface area contributed by atoms with Crippen LogP contribution >= 0.6 is 0 Å². The van der Waals surface area contributed by atoms with E-state index in [0.717, 1.165) is 48.3 Å². The van der Waals surface area contributed by atoms with Crippen molar-refractivity contribution in [2.24, 2.45) is 23.2 Å². The normalized spacial score (nSPS) is 31.5. The van der Waals surface area contributed by atoms with Crippen LogP contribution in [0.4, 0.5) is 0 Å². The molecular weight excluding hydrogens is 378 g/mol. The number of rotatable bonds is 7. The van der Waals surface area contributed by atoms with Gasteiger partial charge in [-0.05, 0) is 87.3 Å². The number of hydrogen-bond donors (Lipinski definition) is 2. The van der Waals surface area contributed by atoms with Gasteiger partial charge in [-0.1, -0.05) is 5.16 Å². The Labute approximate surface area is 177 Å². The first-order valence-corrected chi connectivity index (χ1v) is 11.2. The summed E-state index contributed by atoms with van der Waals surface area (Å²) in [7, 11) is 0. The Bertz CT molecular complexity index is 874. The molecule has 2 aromatic heterocycles. The first kappa shape index (κ1) is 19.7. The number of aryl methyl sites for hydroxylation is 1. The molecule has 0 aromatic carbocycles. The quantitative estimate of drug-likeness (QED) is 0.733. The van der Waals surface area contributed by atoms with Crippen molar-refractivity contribution in [3.8, 4) is 0 Å². The summed E-state index contributed by atoms with van der Waals surface area (Å²) in [5.74, 6) is 2.82. The second-order valence-electron chi connectivity index (χ2n) is 10.2. The number of carbonyl (C=O) groups is 1. The number of nitrogens with zero attached hydrogens (tertiary/aromatic N) is 2. The van der Waals surface area contributed by atoms with Crippen molar-refractivity contribution >= 4 is 5.91 Å². The van der Waals surface area contributed by atoms with Crippen molar-refractivity contribution in [3.63, 3.8) is 0 Å². The number of pyridine rings is 1. The van der Waals surface area contributed by atoms with Gasteiger partial charge >= 0.3 is 0 Å². The van der Waals surface area contributed by atoms with E-state index in [-0.39, 0.29) is 18.1 Å². The number of nitrogens with one attached hydrogen (secondary N) is 1. The minimum absolute atomic E-state index is 0.0576. The largest absolute Gasteiger partial charge is 0.395 e. The zero-order chi connectivity index (χ0) is 20.8. The van der Waals surface area contributed by atoms with E-state index in [0.29, 0.717) is 18.6 Å². The van der Waals surface area contributed by atoms with E-state index in [1.54, 1.807) is 12.4 Å². The number of aliphatic hydroxyl groups excluding tert-OH is 1. The second kappa shape index (κ2) is 7.49. The monoisotopic (exact) mass is 409 g/mol. The molecule has 4 saturated carbocycles.